The van der Waals surface area contributed by atoms with Gasteiger partial charge in [-0.15, -0.1) is 0 Å². The minimum absolute atomic E-state index is 0.0361. The van der Waals surface area contributed by atoms with Crippen LogP contribution in [-0.2, 0) is 4.74 Å². The van der Waals surface area contributed by atoms with Crippen LogP contribution in [0.5, 0.6) is 0 Å². The van der Waals surface area contributed by atoms with Gasteiger partial charge in [-0.3, -0.25) is 15.0 Å². The highest BCUT2D eigenvalue weighted by Gasteiger charge is 2.25. The Kier molecular flexibility index (Phi) is 6.21. The lowest BCUT2D eigenvalue weighted by molar-refractivity contribution is -0.384. The number of nitro benzene ring substituents is 1. The summed E-state index contributed by atoms with van der Waals surface area (Å²) in [5.74, 6) is 0.235. The van der Waals surface area contributed by atoms with Crippen molar-refractivity contribution in [2.24, 2.45) is 0 Å². The molecule has 2 aromatic carbocycles. The molecule has 1 fully saturated rings. The second-order valence-corrected chi connectivity index (χ2v) is 7.04. The maximum atomic E-state index is 11.3. The number of morpholine rings is 1. The number of rotatable bonds is 7. The van der Waals surface area contributed by atoms with E-state index in [4.69, 9.17) is 9.15 Å². The molecule has 1 unspecified atom stereocenters. The van der Waals surface area contributed by atoms with Gasteiger partial charge in [-0.25, -0.2) is 0 Å². The fourth-order valence-corrected chi connectivity index (χ4v) is 3.66. The molecule has 4 rings (SSSR count). The summed E-state index contributed by atoms with van der Waals surface area (Å²) in [5.41, 5.74) is 1.29. The van der Waals surface area contributed by atoms with Crippen LogP contribution in [0.4, 0.5) is 11.6 Å². The highest BCUT2D eigenvalue weighted by Crippen LogP contribution is 2.32. The Morgan fingerprint density at radius 1 is 1.16 bits per heavy atom. The molecule has 0 bridgehead atoms. The first kappa shape index (κ1) is 20.5. The number of oxazole rings is 1. The SMILES string of the molecule is N#Cc1nc(-c2ccccc2[N+](=O)[O-])oc1NCC(c1ccccc1)N1CCOCC1. The number of nitro groups is 1. The molecule has 0 aliphatic carbocycles. The number of ether oxygens (including phenoxy) is 1. The molecule has 0 saturated carbocycles. The number of hydrogen-bond donors (Lipinski definition) is 1. The van der Waals surface area contributed by atoms with Crippen molar-refractivity contribution in [2.75, 3.05) is 38.2 Å². The summed E-state index contributed by atoms with van der Waals surface area (Å²) in [6, 6.07) is 18.3. The third-order valence-electron chi connectivity index (χ3n) is 5.19. The normalized spacial score (nSPS) is 15.2. The van der Waals surface area contributed by atoms with Crippen LogP contribution in [0.2, 0.25) is 0 Å². The summed E-state index contributed by atoms with van der Waals surface area (Å²) >= 11 is 0. The van der Waals surface area contributed by atoms with E-state index in [1.165, 1.54) is 6.07 Å². The molecule has 9 nitrogen and oxygen atoms in total. The Hall–Kier alpha value is -3.74. The molecular weight excluding hydrogens is 398 g/mol. The lowest BCUT2D eigenvalue weighted by Crippen LogP contribution is -2.41. The minimum Gasteiger partial charge on any atom is -0.419 e. The Labute approximate surface area is 179 Å². The summed E-state index contributed by atoms with van der Waals surface area (Å²) in [4.78, 5) is 17.3. The summed E-state index contributed by atoms with van der Waals surface area (Å²) in [5, 5.41) is 24.1. The largest absolute Gasteiger partial charge is 0.419 e. The van der Waals surface area contributed by atoms with Crippen LogP contribution in [0.15, 0.2) is 59.0 Å². The van der Waals surface area contributed by atoms with E-state index >= 15 is 0 Å². The fourth-order valence-electron chi connectivity index (χ4n) is 3.66. The Balaban J connectivity index is 1.60. The third-order valence-corrected chi connectivity index (χ3v) is 5.19. The van der Waals surface area contributed by atoms with E-state index in [-0.39, 0.29) is 34.8 Å². The number of nitrogens with zero attached hydrogens (tertiary/aromatic N) is 4. The smallest absolute Gasteiger partial charge is 0.282 e. The van der Waals surface area contributed by atoms with E-state index in [1.54, 1.807) is 18.2 Å². The van der Waals surface area contributed by atoms with Crippen molar-refractivity contribution in [3.05, 3.63) is 76.0 Å². The van der Waals surface area contributed by atoms with Crippen LogP contribution < -0.4 is 5.32 Å². The molecule has 0 radical (unpaired) electrons. The average Bonchev–Trinajstić information content (AvgIpc) is 3.24. The van der Waals surface area contributed by atoms with Crippen molar-refractivity contribution >= 4 is 11.6 Å². The van der Waals surface area contributed by atoms with Gasteiger partial charge in [0, 0.05) is 25.7 Å². The number of hydrogen-bond acceptors (Lipinski definition) is 8. The van der Waals surface area contributed by atoms with Crippen molar-refractivity contribution < 1.29 is 14.1 Å². The lowest BCUT2D eigenvalue weighted by atomic mass is 10.0. The average molecular weight is 419 g/mol. The first-order valence-corrected chi connectivity index (χ1v) is 9.92. The van der Waals surface area contributed by atoms with Gasteiger partial charge in [0.25, 0.3) is 5.69 Å². The topological polar surface area (TPSA) is 117 Å². The maximum Gasteiger partial charge on any atom is 0.282 e. The lowest BCUT2D eigenvalue weighted by Gasteiger charge is -2.34. The van der Waals surface area contributed by atoms with Crippen molar-refractivity contribution in [1.29, 1.82) is 5.26 Å². The van der Waals surface area contributed by atoms with Gasteiger partial charge < -0.3 is 14.5 Å². The third kappa shape index (κ3) is 4.55. The van der Waals surface area contributed by atoms with E-state index in [2.05, 4.69) is 27.3 Å². The first-order valence-electron chi connectivity index (χ1n) is 9.92. The zero-order valence-corrected chi connectivity index (χ0v) is 16.7. The summed E-state index contributed by atoms with van der Waals surface area (Å²) < 4.78 is 11.2. The number of anilines is 1. The molecule has 0 amide bonds. The predicted octanol–water partition coefficient (Wildman–Crippen LogP) is 3.61. The van der Waals surface area contributed by atoms with Crippen LogP contribution in [0.3, 0.4) is 0 Å². The van der Waals surface area contributed by atoms with Crippen molar-refractivity contribution in [1.82, 2.24) is 9.88 Å². The first-order chi connectivity index (χ1) is 15.2. The molecule has 9 heteroatoms. The molecule has 1 aliphatic heterocycles. The van der Waals surface area contributed by atoms with Crippen LogP contribution in [0.25, 0.3) is 11.5 Å². The van der Waals surface area contributed by atoms with E-state index in [1.807, 2.05) is 24.3 Å². The monoisotopic (exact) mass is 419 g/mol. The van der Waals surface area contributed by atoms with Crippen LogP contribution >= 0.6 is 0 Å². The molecule has 1 aromatic heterocycles. The molecule has 1 aliphatic rings. The number of nitrogens with one attached hydrogen (secondary N) is 1. The zero-order valence-electron chi connectivity index (χ0n) is 16.7. The molecule has 158 valence electrons. The van der Waals surface area contributed by atoms with Crippen molar-refractivity contribution in [3.63, 3.8) is 0 Å². The van der Waals surface area contributed by atoms with Gasteiger partial charge in [0.1, 0.15) is 11.6 Å². The second-order valence-electron chi connectivity index (χ2n) is 7.04. The van der Waals surface area contributed by atoms with Gasteiger partial charge in [0.2, 0.25) is 17.5 Å². The van der Waals surface area contributed by atoms with Gasteiger partial charge in [-0.2, -0.15) is 10.2 Å². The molecule has 3 aromatic rings. The predicted molar refractivity (Wildman–Crippen MR) is 113 cm³/mol. The molecular formula is C22H21N5O4. The number of benzene rings is 2. The number of aromatic nitrogens is 1. The number of para-hydroxylation sites is 1. The Morgan fingerprint density at radius 3 is 2.58 bits per heavy atom. The number of nitriles is 1. The summed E-state index contributed by atoms with van der Waals surface area (Å²) in [7, 11) is 0. The van der Waals surface area contributed by atoms with E-state index in [0.29, 0.717) is 19.8 Å². The van der Waals surface area contributed by atoms with E-state index in [9.17, 15) is 15.4 Å². The fraction of sp³-hybridized carbons (Fsp3) is 0.273. The molecule has 1 N–H and O–H groups in total. The molecule has 0 spiro atoms. The van der Waals surface area contributed by atoms with Crippen molar-refractivity contribution in [3.8, 4) is 17.5 Å². The summed E-state index contributed by atoms with van der Waals surface area (Å²) in [6.45, 7) is 3.40. The van der Waals surface area contributed by atoms with Gasteiger partial charge in [0.05, 0.1) is 24.2 Å². The van der Waals surface area contributed by atoms with Gasteiger partial charge in [-0.05, 0) is 11.6 Å². The highest BCUT2D eigenvalue weighted by atomic mass is 16.6. The highest BCUT2D eigenvalue weighted by molar-refractivity contribution is 5.68. The van der Waals surface area contributed by atoms with E-state index in [0.717, 1.165) is 18.7 Å². The van der Waals surface area contributed by atoms with Crippen LogP contribution in [0, 0.1) is 21.4 Å². The molecule has 1 atom stereocenters. The second kappa shape index (κ2) is 9.38. The van der Waals surface area contributed by atoms with Gasteiger partial charge in [-0.1, -0.05) is 42.5 Å². The quantitative estimate of drug-likeness (QED) is 0.456. The molecule has 1 saturated heterocycles. The van der Waals surface area contributed by atoms with E-state index < -0.39 is 4.92 Å². The molecule has 31 heavy (non-hydrogen) atoms. The zero-order chi connectivity index (χ0) is 21.6. The Morgan fingerprint density at radius 2 is 1.87 bits per heavy atom. The van der Waals surface area contributed by atoms with Gasteiger partial charge >= 0.3 is 0 Å². The maximum absolute atomic E-state index is 11.3. The van der Waals surface area contributed by atoms with Crippen molar-refractivity contribution in [2.45, 2.75) is 6.04 Å². The van der Waals surface area contributed by atoms with Gasteiger partial charge in [0.15, 0.2) is 0 Å². The standard InChI is InChI=1S/C22H21N5O4/c23-14-18-22(31-21(25-18)17-8-4-5-9-19(17)27(28)29)24-15-20(16-6-2-1-3-7-16)26-10-12-30-13-11-26/h1-9,20,24H,10-13,15H2. The molecule has 2 heterocycles. The Bertz CT molecular complexity index is 1090. The van der Waals surface area contributed by atoms with Crippen LogP contribution in [0.1, 0.15) is 17.3 Å². The minimum atomic E-state index is -0.497. The van der Waals surface area contributed by atoms with Crippen LogP contribution in [-0.4, -0.2) is 47.7 Å². The summed E-state index contributed by atoms with van der Waals surface area (Å²) in [6.07, 6.45) is 0.